The quantitative estimate of drug-likeness (QED) is 0.844. The van der Waals surface area contributed by atoms with E-state index in [1.807, 2.05) is 13.0 Å². The highest BCUT2D eigenvalue weighted by atomic mass is 35.5. The van der Waals surface area contributed by atoms with Gasteiger partial charge in [0.05, 0.1) is 17.6 Å². The lowest BCUT2D eigenvalue weighted by molar-refractivity contribution is -0.234. The van der Waals surface area contributed by atoms with Crippen molar-refractivity contribution >= 4 is 17.4 Å². The fraction of sp³-hybridized carbons (Fsp3) is 0.471. The Hall–Kier alpha value is -2.12. The molecule has 1 aliphatic carbocycles. The van der Waals surface area contributed by atoms with Crippen molar-refractivity contribution in [3.05, 3.63) is 34.9 Å². The van der Waals surface area contributed by atoms with Gasteiger partial charge in [0, 0.05) is 19.2 Å². The summed E-state index contributed by atoms with van der Waals surface area (Å²) < 4.78 is 11.0. The van der Waals surface area contributed by atoms with E-state index in [-0.39, 0.29) is 5.84 Å². The number of halogens is 1. The second-order valence-corrected chi connectivity index (χ2v) is 6.42. The lowest BCUT2D eigenvalue weighted by Crippen LogP contribution is -2.45. The molecular formula is C17H17ClN4O2. The Kier molecular flexibility index (Phi) is 3.44. The van der Waals surface area contributed by atoms with Gasteiger partial charge in [-0.15, -0.1) is 0 Å². The van der Waals surface area contributed by atoms with Gasteiger partial charge >= 0.3 is 0 Å². The monoisotopic (exact) mass is 344 g/mol. The molecule has 1 aliphatic heterocycles. The predicted octanol–water partition coefficient (Wildman–Crippen LogP) is 2.34. The summed E-state index contributed by atoms with van der Waals surface area (Å²) >= 11 is 6.15. The van der Waals surface area contributed by atoms with E-state index >= 15 is 0 Å². The number of nitrogens with zero attached hydrogens (tertiary/aromatic N) is 3. The first-order valence-electron chi connectivity index (χ1n) is 7.48. The number of hydrogen-bond acceptors (Lipinski definition) is 6. The molecule has 0 aromatic heterocycles. The van der Waals surface area contributed by atoms with Crippen molar-refractivity contribution in [2.45, 2.75) is 24.7 Å². The lowest BCUT2D eigenvalue weighted by atomic mass is 9.80. The molecule has 0 radical (unpaired) electrons. The second-order valence-electron chi connectivity index (χ2n) is 5.98. The van der Waals surface area contributed by atoms with Crippen LogP contribution in [0.2, 0.25) is 5.02 Å². The fourth-order valence-electron chi connectivity index (χ4n) is 4.76. The minimum absolute atomic E-state index is 0.0528. The molecule has 3 rings (SSSR count). The Balaban J connectivity index is 2.40. The van der Waals surface area contributed by atoms with Crippen molar-refractivity contribution in [1.29, 1.82) is 10.5 Å². The van der Waals surface area contributed by atoms with Crippen molar-refractivity contribution in [1.82, 2.24) is 0 Å². The predicted molar refractivity (Wildman–Crippen MR) is 87.9 cm³/mol. The lowest BCUT2D eigenvalue weighted by Gasteiger charge is -2.33. The van der Waals surface area contributed by atoms with Gasteiger partial charge in [0.1, 0.15) is 5.84 Å². The van der Waals surface area contributed by atoms with Crippen LogP contribution in [0.25, 0.3) is 0 Å². The SMILES string of the molecule is CC[C@@]1(c2cccc(Cl)c2)[C@]2(C#N)C(N)=NC(OC)(OC)[C@@]21C#N. The molecule has 0 saturated heterocycles. The van der Waals surface area contributed by atoms with E-state index in [4.69, 9.17) is 26.8 Å². The summed E-state index contributed by atoms with van der Waals surface area (Å²) in [5.41, 5.74) is 3.26. The molecule has 2 N–H and O–H groups in total. The minimum atomic E-state index is -1.64. The summed E-state index contributed by atoms with van der Waals surface area (Å²) in [6.07, 6.45) is 0.471. The first-order valence-corrected chi connectivity index (χ1v) is 7.86. The Morgan fingerprint density at radius 2 is 1.92 bits per heavy atom. The zero-order valence-corrected chi connectivity index (χ0v) is 14.4. The number of rotatable bonds is 4. The van der Waals surface area contributed by atoms with Gasteiger partial charge in [-0.25, -0.2) is 4.99 Å². The van der Waals surface area contributed by atoms with Crippen LogP contribution in [-0.4, -0.2) is 26.0 Å². The summed E-state index contributed by atoms with van der Waals surface area (Å²) in [4.78, 5) is 4.24. The van der Waals surface area contributed by atoms with Crippen LogP contribution < -0.4 is 5.73 Å². The molecule has 0 spiro atoms. The van der Waals surface area contributed by atoms with E-state index < -0.39 is 22.2 Å². The maximum Gasteiger partial charge on any atom is 0.293 e. The average molecular weight is 345 g/mol. The van der Waals surface area contributed by atoms with Gasteiger partial charge in [0.25, 0.3) is 5.91 Å². The van der Waals surface area contributed by atoms with Crippen LogP contribution in [0, 0.1) is 33.5 Å². The van der Waals surface area contributed by atoms with E-state index in [9.17, 15) is 10.5 Å². The number of nitriles is 2. The normalized spacial score (nSPS) is 35.5. The van der Waals surface area contributed by atoms with Crippen molar-refractivity contribution in [3.63, 3.8) is 0 Å². The number of amidine groups is 1. The molecule has 0 bridgehead atoms. The first kappa shape index (κ1) is 16.7. The highest BCUT2D eigenvalue weighted by molar-refractivity contribution is 6.30. The van der Waals surface area contributed by atoms with Gasteiger partial charge in [0.2, 0.25) is 0 Å². The van der Waals surface area contributed by atoms with Gasteiger partial charge in [-0.2, -0.15) is 10.5 Å². The molecule has 0 unspecified atom stereocenters. The third kappa shape index (κ3) is 1.30. The molecule has 1 saturated carbocycles. The van der Waals surface area contributed by atoms with Crippen molar-refractivity contribution in [3.8, 4) is 12.1 Å². The molecule has 24 heavy (non-hydrogen) atoms. The standard InChI is InChI=1S/C17H17ClN4O2/c1-4-14(11-6-5-7-12(18)8-11)15(9-19)13(21)22-17(23-2,24-3)16(14,15)10-20/h5-8H,4H2,1-3H3,(H2,21,22)/t14-,15+,16-/m1/s1. The summed E-state index contributed by atoms with van der Waals surface area (Å²) in [5.74, 6) is -1.59. The van der Waals surface area contributed by atoms with E-state index in [2.05, 4.69) is 17.1 Å². The van der Waals surface area contributed by atoms with E-state index in [0.717, 1.165) is 5.56 Å². The third-order valence-electron chi connectivity index (χ3n) is 5.64. The first-order chi connectivity index (χ1) is 11.4. The molecule has 1 fully saturated rings. The highest BCUT2D eigenvalue weighted by Crippen LogP contribution is 2.86. The number of hydrogen-bond donors (Lipinski definition) is 1. The summed E-state index contributed by atoms with van der Waals surface area (Å²) in [6.45, 7) is 1.90. The number of methoxy groups -OCH3 is 2. The Labute approximate surface area is 145 Å². The maximum atomic E-state index is 10.2. The number of ether oxygens (including phenoxy) is 2. The molecule has 2 aliphatic rings. The summed E-state index contributed by atoms with van der Waals surface area (Å²) in [7, 11) is 2.78. The van der Waals surface area contributed by atoms with Gasteiger partial charge in [-0.3, -0.25) is 0 Å². The van der Waals surface area contributed by atoms with Crippen LogP contribution >= 0.6 is 11.6 Å². The number of fused-ring (bicyclic) bond motifs is 1. The van der Waals surface area contributed by atoms with Gasteiger partial charge in [-0.1, -0.05) is 30.7 Å². The molecule has 7 heteroatoms. The van der Waals surface area contributed by atoms with Gasteiger partial charge in [-0.05, 0) is 24.1 Å². The summed E-state index contributed by atoms with van der Waals surface area (Å²) in [5, 5.41) is 20.7. The van der Waals surface area contributed by atoms with Crippen molar-refractivity contribution in [2.75, 3.05) is 14.2 Å². The van der Waals surface area contributed by atoms with Crippen molar-refractivity contribution in [2.24, 2.45) is 21.6 Å². The largest absolute Gasteiger partial charge is 0.386 e. The van der Waals surface area contributed by atoms with Gasteiger partial charge in [0.15, 0.2) is 10.8 Å². The van der Waals surface area contributed by atoms with Crippen LogP contribution in [0.1, 0.15) is 18.9 Å². The molecule has 124 valence electrons. The zero-order chi connectivity index (χ0) is 17.8. The molecule has 0 amide bonds. The smallest absolute Gasteiger partial charge is 0.293 e. The Bertz CT molecular complexity index is 823. The molecule has 1 heterocycles. The third-order valence-corrected chi connectivity index (χ3v) is 5.88. The zero-order valence-electron chi connectivity index (χ0n) is 13.6. The van der Waals surface area contributed by atoms with Crippen LogP contribution in [0.5, 0.6) is 0 Å². The highest BCUT2D eigenvalue weighted by Gasteiger charge is 3.00. The average Bonchev–Trinajstić information content (AvgIpc) is 3.10. The van der Waals surface area contributed by atoms with E-state index in [1.165, 1.54) is 14.2 Å². The van der Waals surface area contributed by atoms with Crippen LogP contribution in [0.3, 0.4) is 0 Å². The maximum absolute atomic E-state index is 10.2. The minimum Gasteiger partial charge on any atom is -0.386 e. The molecule has 1 aromatic carbocycles. The van der Waals surface area contributed by atoms with Crippen molar-refractivity contribution < 1.29 is 9.47 Å². The second kappa shape index (κ2) is 4.94. The number of nitrogens with two attached hydrogens (primary N) is 1. The molecule has 1 aromatic rings. The Morgan fingerprint density at radius 3 is 2.38 bits per heavy atom. The fourth-order valence-corrected chi connectivity index (χ4v) is 4.95. The van der Waals surface area contributed by atoms with Crippen LogP contribution in [-0.2, 0) is 14.9 Å². The molecule has 3 atom stereocenters. The summed E-state index contributed by atoms with van der Waals surface area (Å²) in [6, 6.07) is 11.7. The van der Waals surface area contributed by atoms with Crippen LogP contribution in [0.4, 0.5) is 0 Å². The van der Waals surface area contributed by atoms with Crippen LogP contribution in [0.15, 0.2) is 29.3 Å². The molecule has 6 nitrogen and oxygen atoms in total. The van der Waals surface area contributed by atoms with Gasteiger partial charge < -0.3 is 15.2 Å². The Morgan fingerprint density at radius 1 is 1.25 bits per heavy atom. The topological polar surface area (TPSA) is 104 Å². The number of aliphatic imine (C=N–C) groups is 1. The van der Waals surface area contributed by atoms with E-state index in [0.29, 0.717) is 11.4 Å². The molecular weight excluding hydrogens is 328 g/mol. The number of benzene rings is 1. The van der Waals surface area contributed by atoms with E-state index in [1.54, 1.807) is 18.2 Å².